The quantitative estimate of drug-likeness (QED) is 0.746. The number of piperidine rings is 1. The molecule has 0 bridgehead atoms. The Hall–Kier alpha value is -1.08. The lowest BCUT2D eigenvalue weighted by Crippen LogP contribution is -2.48. The third-order valence-electron chi connectivity index (χ3n) is 2.75. The van der Waals surface area contributed by atoms with E-state index >= 15 is 0 Å². The molecular weight excluding hydrogens is 190 g/mol. The monoisotopic (exact) mass is 209 g/mol. The van der Waals surface area contributed by atoms with Crippen LogP contribution in [0.2, 0.25) is 0 Å². The number of nitrogens with zero attached hydrogens (tertiary/aromatic N) is 2. The number of rotatable bonds is 3. The van der Waals surface area contributed by atoms with Crippen molar-refractivity contribution in [3.8, 4) is 6.07 Å². The predicted molar refractivity (Wildman–Crippen MR) is 58.1 cm³/mol. The smallest absolute Gasteiger partial charge is 0.239 e. The van der Waals surface area contributed by atoms with E-state index in [1.54, 1.807) is 11.9 Å². The summed E-state index contributed by atoms with van der Waals surface area (Å²) in [5.74, 6) is 0.0272. The van der Waals surface area contributed by atoms with Gasteiger partial charge in [-0.05, 0) is 26.3 Å². The average molecular weight is 209 g/mol. The highest BCUT2D eigenvalue weighted by molar-refractivity contribution is 5.81. The number of likely N-dealkylation sites (N-methyl/N-ethyl adjacent to an activating group) is 1. The van der Waals surface area contributed by atoms with Crippen LogP contribution < -0.4 is 5.32 Å². The van der Waals surface area contributed by atoms with Crippen molar-refractivity contribution in [3.05, 3.63) is 0 Å². The Labute approximate surface area is 91.2 Å². The molecule has 1 amide bonds. The fourth-order valence-electron chi connectivity index (χ4n) is 1.87. The highest BCUT2D eigenvalue weighted by Crippen LogP contribution is 2.10. The molecule has 1 unspecified atom stereocenters. The summed E-state index contributed by atoms with van der Waals surface area (Å²) in [6.07, 6.45) is 3.19. The molecule has 15 heavy (non-hydrogen) atoms. The van der Waals surface area contributed by atoms with Gasteiger partial charge in [-0.25, -0.2) is 0 Å². The fourth-order valence-corrected chi connectivity index (χ4v) is 1.87. The second-order valence-corrected chi connectivity index (χ2v) is 4.25. The maximum atomic E-state index is 11.9. The van der Waals surface area contributed by atoms with E-state index in [9.17, 15) is 4.79 Å². The topological polar surface area (TPSA) is 56.1 Å². The van der Waals surface area contributed by atoms with Crippen molar-refractivity contribution in [2.24, 2.45) is 5.92 Å². The van der Waals surface area contributed by atoms with Gasteiger partial charge in [-0.3, -0.25) is 4.79 Å². The minimum Gasteiger partial charge on any atom is -0.343 e. The minimum absolute atomic E-state index is 0.0327. The van der Waals surface area contributed by atoms with E-state index in [1.165, 1.54) is 0 Å². The molecule has 0 spiro atoms. The molecule has 1 aliphatic heterocycles. The summed E-state index contributed by atoms with van der Waals surface area (Å²) in [6.45, 7) is 3.28. The number of amides is 1. The Bertz CT molecular complexity index is 253. The van der Waals surface area contributed by atoms with Crippen LogP contribution in [0.3, 0.4) is 0 Å². The molecule has 1 aliphatic rings. The van der Waals surface area contributed by atoms with E-state index in [0.717, 1.165) is 25.8 Å². The SMILES string of the molecule is CC(C#N)CN(C)C(=O)[C@@H]1CCCCN1. The first-order valence-corrected chi connectivity index (χ1v) is 5.53. The van der Waals surface area contributed by atoms with E-state index in [4.69, 9.17) is 5.26 Å². The van der Waals surface area contributed by atoms with Crippen molar-refractivity contribution in [3.63, 3.8) is 0 Å². The molecule has 2 atom stereocenters. The molecule has 1 fully saturated rings. The standard InChI is InChI=1S/C11H19N3O/c1-9(7-12)8-14(2)11(15)10-5-3-4-6-13-10/h9-10,13H,3-6,8H2,1-2H3/t9?,10-/m0/s1. The first kappa shape index (κ1) is 12.0. The van der Waals surface area contributed by atoms with Gasteiger partial charge in [-0.1, -0.05) is 6.42 Å². The largest absolute Gasteiger partial charge is 0.343 e. The van der Waals surface area contributed by atoms with Crippen molar-refractivity contribution in [1.29, 1.82) is 5.26 Å². The first-order valence-electron chi connectivity index (χ1n) is 5.53. The Kier molecular flexibility index (Phi) is 4.57. The summed E-state index contributed by atoms with van der Waals surface area (Å²) in [5.41, 5.74) is 0. The molecule has 1 saturated heterocycles. The van der Waals surface area contributed by atoms with Crippen LogP contribution in [0.4, 0.5) is 0 Å². The maximum Gasteiger partial charge on any atom is 0.239 e. The molecule has 4 nitrogen and oxygen atoms in total. The lowest BCUT2D eigenvalue weighted by Gasteiger charge is -2.27. The molecule has 0 aliphatic carbocycles. The number of hydrogen-bond donors (Lipinski definition) is 1. The van der Waals surface area contributed by atoms with Crippen LogP contribution in [0.1, 0.15) is 26.2 Å². The predicted octanol–water partition coefficient (Wildman–Crippen LogP) is 0.747. The molecule has 4 heteroatoms. The van der Waals surface area contributed by atoms with Gasteiger partial charge in [0.2, 0.25) is 5.91 Å². The van der Waals surface area contributed by atoms with Crippen molar-refractivity contribution in [2.45, 2.75) is 32.2 Å². The molecule has 1 rings (SSSR count). The normalized spacial score (nSPS) is 22.9. The van der Waals surface area contributed by atoms with E-state index in [2.05, 4.69) is 11.4 Å². The van der Waals surface area contributed by atoms with Crippen LogP contribution in [0.15, 0.2) is 0 Å². The summed E-state index contributed by atoms with van der Waals surface area (Å²) >= 11 is 0. The molecular formula is C11H19N3O. The van der Waals surface area contributed by atoms with Crippen LogP contribution in [-0.2, 0) is 4.79 Å². The molecule has 0 aromatic rings. The van der Waals surface area contributed by atoms with Crippen molar-refractivity contribution in [2.75, 3.05) is 20.1 Å². The lowest BCUT2D eigenvalue weighted by atomic mass is 10.0. The van der Waals surface area contributed by atoms with Gasteiger partial charge in [-0.2, -0.15) is 5.26 Å². The van der Waals surface area contributed by atoms with E-state index in [-0.39, 0.29) is 17.9 Å². The van der Waals surface area contributed by atoms with Gasteiger partial charge in [-0.15, -0.1) is 0 Å². The average Bonchev–Trinajstić information content (AvgIpc) is 2.29. The highest BCUT2D eigenvalue weighted by Gasteiger charge is 2.24. The van der Waals surface area contributed by atoms with Gasteiger partial charge >= 0.3 is 0 Å². The molecule has 0 radical (unpaired) electrons. The number of carbonyl (C=O) groups excluding carboxylic acids is 1. The number of nitrogens with one attached hydrogen (secondary N) is 1. The number of nitriles is 1. The Balaban J connectivity index is 2.41. The van der Waals surface area contributed by atoms with Gasteiger partial charge in [0.1, 0.15) is 0 Å². The number of carbonyl (C=O) groups is 1. The minimum atomic E-state index is -0.0949. The van der Waals surface area contributed by atoms with Gasteiger partial charge < -0.3 is 10.2 Å². The highest BCUT2D eigenvalue weighted by atomic mass is 16.2. The summed E-state index contributed by atoms with van der Waals surface area (Å²) in [5, 5.41) is 11.9. The summed E-state index contributed by atoms with van der Waals surface area (Å²) in [4.78, 5) is 13.6. The number of hydrogen-bond acceptors (Lipinski definition) is 3. The van der Waals surface area contributed by atoms with Gasteiger partial charge in [0.25, 0.3) is 0 Å². The Morgan fingerprint density at radius 2 is 2.40 bits per heavy atom. The lowest BCUT2D eigenvalue weighted by molar-refractivity contribution is -0.133. The third kappa shape index (κ3) is 3.52. The molecule has 84 valence electrons. The van der Waals surface area contributed by atoms with Crippen LogP contribution in [0.5, 0.6) is 0 Å². The van der Waals surface area contributed by atoms with Crippen LogP contribution in [0, 0.1) is 17.2 Å². The third-order valence-corrected chi connectivity index (χ3v) is 2.75. The van der Waals surface area contributed by atoms with E-state index in [1.807, 2.05) is 6.92 Å². The fraction of sp³-hybridized carbons (Fsp3) is 0.818. The molecule has 0 aromatic carbocycles. The van der Waals surface area contributed by atoms with Crippen LogP contribution in [0.25, 0.3) is 0 Å². The zero-order chi connectivity index (χ0) is 11.3. The summed E-state index contributed by atoms with van der Waals surface area (Å²) < 4.78 is 0. The van der Waals surface area contributed by atoms with Gasteiger partial charge in [0.05, 0.1) is 18.0 Å². The van der Waals surface area contributed by atoms with Crippen LogP contribution in [-0.4, -0.2) is 37.0 Å². The van der Waals surface area contributed by atoms with Crippen LogP contribution >= 0.6 is 0 Å². The molecule has 0 saturated carbocycles. The first-order chi connectivity index (χ1) is 7.15. The molecule has 1 N–H and O–H groups in total. The Morgan fingerprint density at radius 3 is 2.93 bits per heavy atom. The molecule has 0 aromatic heterocycles. The van der Waals surface area contributed by atoms with E-state index < -0.39 is 0 Å². The molecule has 1 heterocycles. The summed E-state index contributed by atoms with van der Waals surface area (Å²) in [7, 11) is 1.77. The zero-order valence-corrected chi connectivity index (χ0v) is 9.49. The van der Waals surface area contributed by atoms with Crippen molar-refractivity contribution in [1.82, 2.24) is 10.2 Å². The van der Waals surface area contributed by atoms with Gasteiger partial charge in [0, 0.05) is 13.6 Å². The second-order valence-electron chi connectivity index (χ2n) is 4.25. The summed E-state index contributed by atoms with van der Waals surface area (Å²) in [6, 6.07) is 2.11. The van der Waals surface area contributed by atoms with Crippen molar-refractivity contribution >= 4 is 5.91 Å². The Morgan fingerprint density at radius 1 is 1.67 bits per heavy atom. The maximum absolute atomic E-state index is 11.9. The zero-order valence-electron chi connectivity index (χ0n) is 9.49. The van der Waals surface area contributed by atoms with Gasteiger partial charge in [0.15, 0.2) is 0 Å². The van der Waals surface area contributed by atoms with E-state index in [0.29, 0.717) is 6.54 Å². The van der Waals surface area contributed by atoms with Crippen molar-refractivity contribution < 1.29 is 4.79 Å². The second kappa shape index (κ2) is 5.72.